The average Bonchev–Trinajstić information content (AvgIpc) is 3.34. The van der Waals surface area contributed by atoms with Gasteiger partial charge >= 0.3 is 0 Å². The van der Waals surface area contributed by atoms with E-state index < -0.39 is 4.33 Å². The predicted octanol–water partition coefficient (Wildman–Crippen LogP) is 6.19. The van der Waals surface area contributed by atoms with Gasteiger partial charge in [-0.3, -0.25) is 14.5 Å². The topological polar surface area (TPSA) is 53.0 Å². The highest BCUT2D eigenvalue weighted by atomic mass is 32.2. The van der Waals surface area contributed by atoms with Gasteiger partial charge in [-0.15, -0.1) is 0 Å². The van der Waals surface area contributed by atoms with Crippen molar-refractivity contribution in [1.82, 2.24) is 0 Å². The normalized spacial score (nSPS) is 21.0. The maximum Gasteiger partial charge on any atom is 0.268 e. The number of benzene rings is 3. The molecule has 1 amide bonds. The molecule has 2 heterocycles. The fourth-order valence-corrected chi connectivity index (χ4v) is 6.71. The molecule has 0 aromatic heterocycles. The highest BCUT2D eigenvalue weighted by Crippen LogP contribution is 2.59. The Morgan fingerprint density at radius 2 is 1.47 bits per heavy atom. The van der Waals surface area contributed by atoms with Gasteiger partial charge in [-0.1, -0.05) is 77.5 Å². The highest BCUT2D eigenvalue weighted by Gasteiger charge is 2.59. The number of hydrogen-bond acceptors (Lipinski definition) is 6. The number of carbonyl (C=O) groups excluding carboxylic acids is 2. The number of aryl methyl sites for hydroxylation is 2. The summed E-state index contributed by atoms with van der Waals surface area (Å²) in [5.74, 6) is -0.252. The zero-order valence-electron chi connectivity index (χ0n) is 19.1. The molecule has 170 valence electrons. The molecule has 2 aliphatic heterocycles. The molecule has 5 rings (SSSR count). The lowest BCUT2D eigenvalue weighted by Gasteiger charge is -2.38. The largest absolute Gasteiger partial charge is 0.292 e. The van der Waals surface area contributed by atoms with Crippen LogP contribution < -0.4 is 9.91 Å². The molecule has 0 bridgehead atoms. The summed E-state index contributed by atoms with van der Waals surface area (Å²) in [7, 11) is 0. The van der Waals surface area contributed by atoms with E-state index in [0.717, 1.165) is 28.1 Å². The molecule has 0 radical (unpaired) electrons. The van der Waals surface area contributed by atoms with E-state index in [0.29, 0.717) is 9.95 Å². The van der Waals surface area contributed by atoms with Crippen molar-refractivity contribution >= 4 is 57.7 Å². The molecule has 7 heteroatoms. The van der Waals surface area contributed by atoms with Gasteiger partial charge < -0.3 is 0 Å². The zero-order valence-corrected chi connectivity index (χ0v) is 20.7. The van der Waals surface area contributed by atoms with Crippen LogP contribution in [0, 0.1) is 13.8 Å². The molecule has 5 nitrogen and oxygen atoms in total. The summed E-state index contributed by atoms with van der Waals surface area (Å²) in [6.07, 6.45) is 1.91. The first-order chi connectivity index (χ1) is 16.4. The van der Waals surface area contributed by atoms with Crippen molar-refractivity contribution in [2.45, 2.75) is 25.1 Å². The van der Waals surface area contributed by atoms with E-state index in [1.54, 1.807) is 9.91 Å². The molecule has 3 aromatic carbocycles. The lowest BCUT2D eigenvalue weighted by molar-refractivity contribution is -0.114. The van der Waals surface area contributed by atoms with Gasteiger partial charge in [0.1, 0.15) is 0 Å². The van der Waals surface area contributed by atoms with Crippen LogP contribution in [0.4, 0.5) is 11.4 Å². The number of rotatable bonds is 4. The molecule has 0 aliphatic carbocycles. The summed E-state index contributed by atoms with van der Waals surface area (Å²) in [4.78, 5) is 28.7. The lowest BCUT2D eigenvalue weighted by Crippen LogP contribution is -2.51. The highest BCUT2D eigenvalue weighted by molar-refractivity contribution is 8.29. The van der Waals surface area contributed by atoms with Gasteiger partial charge in [0.05, 0.1) is 10.6 Å². The number of Topliss-reactive ketones (excluding diaryl/α,β-unsaturated/α-hetero) is 1. The Balaban J connectivity index is 1.68. The Morgan fingerprint density at radius 1 is 0.853 bits per heavy atom. The van der Waals surface area contributed by atoms with Gasteiger partial charge in [0.25, 0.3) is 5.91 Å². The number of hydrazone groups is 1. The standard InChI is InChI=1S/C27H23N3O2S2/c1-18-9-13-21(14-10-18)17-24-26(32)29(22-7-5-4-6-8-22)27(33-24)30(28-25(34-27)20(3)31)23-15-11-19(2)12-16-23/h4-17H,1-3H3/b24-17-/t27-/m0/s1. The summed E-state index contributed by atoms with van der Waals surface area (Å²) in [6, 6.07) is 25.6. The van der Waals surface area contributed by atoms with E-state index in [-0.39, 0.29) is 11.7 Å². The van der Waals surface area contributed by atoms with E-state index in [9.17, 15) is 9.59 Å². The Morgan fingerprint density at radius 3 is 2.09 bits per heavy atom. The fraction of sp³-hybridized carbons (Fsp3) is 0.148. The van der Waals surface area contributed by atoms with Crippen LogP contribution in [0.1, 0.15) is 23.6 Å². The second-order valence-corrected chi connectivity index (χ2v) is 10.9. The van der Waals surface area contributed by atoms with Crippen molar-refractivity contribution in [2.24, 2.45) is 5.10 Å². The number of para-hydroxylation sites is 1. The first kappa shape index (κ1) is 22.5. The first-order valence-electron chi connectivity index (χ1n) is 10.9. The van der Waals surface area contributed by atoms with Crippen molar-refractivity contribution < 1.29 is 9.59 Å². The Hall–Kier alpha value is -3.29. The van der Waals surface area contributed by atoms with Gasteiger partial charge in [0.2, 0.25) is 4.33 Å². The third-order valence-corrected chi connectivity index (χ3v) is 8.41. The van der Waals surface area contributed by atoms with Gasteiger partial charge in [-0.2, -0.15) is 5.10 Å². The number of hydrogen-bond donors (Lipinski definition) is 0. The zero-order chi connectivity index (χ0) is 23.9. The number of anilines is 2. The number of amides is 1. The molecule has 0 saturated carbocycles. The molecule has 1 atom stereocenters. The fourth-order valence-electron chi connectivity index (χ4n) is 3.83. The SMILES string of the molecule is CC(=O)C1=NN(c2ccc(C)cc2)[C@]2(S1)S/C(=C\c1ccc(C)cc1)C(=O)N2c1ccccc1. The third-order valence-electron chi connectivity index (χ3n) is 5.60. The average molecular weight is 486 g/mol. The van der Waals surface area contributed by atoms with Crippen LogP contribution in [-0.4, -0.2) is 21.1 Å². The molecule has 1 saturated heterocycles. The van der Waals surface area contributed by atoms with Crippen LogP contribution in [0.3, 0.4) is 0 Å². The van der Waals surface area contributed by atoms with Gasteiger partial charge in [-0.25, -0.2) is 5.01 Å². The van der Waals surface area contributed by atoms with E-state index in [1.165, 1.54) is 30.4 Å². The molecule has 1 fully saturated rings. The lowest BCUT2D eigenvalue weighted by atomic mass is 10.1. The smallest absolute Gasteiger partial charge is 0.268 e. The van der Waals surface area contributed by atoms with Crippen molar-refractivity contribution in [1.29, 1.82) is 0 Å². The van der Waals surface area contributed by atoms with Crippen molar-refractivity contribution in [3.8, 4) is 0 Å². The van der Waals surface area contributed by atoms with Crippen molar-refractivity contribution in [2.75, 3.05) is 9.91 Å². The van der Waals surface area contributed by atoms with Crippen LogP contribution in [0.2, 0.25) is 0 Å². The molecule has 2 aliphatic rings. The van der Waals surface area contributed by atoms with Gasteiger partial charge in [0.15, 0.2) is 10.8 Å². The Kier molecular flexibility index (Phi) is 5.83. The molecule has 0 unspecified atom stereocenters. The van der Waals surface area contributed by atoms with Crippen molar-refractivity contribution in [3.05, 3.63) is 100 Å². The van der Waals surface area contributed by atoms with Gasteiger partial charge in [0, 0.05) is 12.6 Å². The minimum absolute atomic E-state index is 0.124. The number of thioether (sulfide) groups is 2. The van der Waals surface area contributed by atoms with E-state index >= 15 is 0 Å². The predicted molar refractivity (Wildman–Crippen MR) is 143 cm³/mol. The van der Waals surface area contributed by atoms with Crippen LogP contribution in [0.25, 0.3) is 6.08 Å². The Labute approximate surface area is 207 Å². The van der Waals surface area contributed by atoms with Crippen LogP contribution in [0.15, 0.2) is 88.9 Å². The number of nitrogens with zero attached hydrogens (tertiary/aromatic N) is 3. The number of ketones is 1. The van der Waals surface area contributed by atoms with Crippen LogP contribution in [-0.2, 0) is 9.59 Å². The molecular weight excluding hydrogens is 462 g/mol. The maximum atomic E-state index is 13.9. The Bertz CT molecular complexity index is 1320. The minimum Gasteiger partial charge on any atom is -0.292 e. The summed E-state index contributed by atoms with van der Waals surface area (Å²) in [6.45, 7) is 5.57. The third kappa shape index (κ3) is 3.95. The van der Waals surface area contributed by atoms with Gasteiger partial charge in [-0.05, 0) is 61.5 Å². The quantitative estimate of drug-likeness (QED) is 0.412. The molecule has 3 aromatic rings. The van der Waals surface area contributed by atoms with Crippen LogP contribution >= 0.6 is 23.5 Å². The van der Waals surface area contributed by atoms with Crippen LogP contribution in [0.5, 0.6) is 0 Å². The molecule has 34 heavy (non-hydrogen) atoms. The summed E-state index contributed by atoms with van der Waals surface area (Å²) in [5.41, 5.74) is 4.79. The summed E-state index contributed by atoms with van der Waals surface area (Å²) < 4.78 is -0.995. The summed E-state index contributed by atoms with van der Waals surface area (Å²) in [5, 5.41) is 6.89. The molecule has 0 N–H and O–H groups in total. The van der Waals surface area contributed by atoms with E-state index in [4.69, 9.17) is 5.10 Å². The second-order valence-electron chi connectivity index (χ2n) is 8.26. The number of carbonyl (C=O) groups is 2. The maximum absolute atomic E-state index is 13.9. The second kappa shape index (κ2) is 8.81. The summed E-state index contributed by atoms with van der Waals surface area (Å²) >= 11 is 2.73. The first-order valence-corrected chi connectivity index (χ1v) is 12.5. The minimum atomic E-state index is -0.995. The monoisotopic (exact) mass is 485 g/mol. The van der Waals surface area contributed by atoms with E-state index in [2.05, 4.69) is 0 Å². The van der Waals surface area contributed by atoms with Crippen molar-refractivity contribution in [3.63, 3.8) is 0 Å². The van der Waals surface area contributed by atoms with E-state index in [1.807, 2.05) is 98.8 Å². The molecule has 1 spiro atoms. The molecular formula is C27H23N3O2S2.